The molecule has 0 fully saturated rings. The van der Waals surface area contributed by atoms with Gasteiger partial charge >= 0.3 is 0 Å². The third kappa shape index (κ3) is 2.73. The molecule has 0 radical (unpaired) electrons. The first-order valence-corrected chi connectivity index (χ1v) is 7.00. The van der Waals surface area contributed by atoms with Crippen molar-refractivity contribution in [2.75, 3.05) is 7.05 Å². The SMILES string of the molecule is CNC(C)c1nnc(-c2ccc(C)cc2Br)s1. The van der Waals surface area contributed by atoms with Gasteiger partial charge in [0.1, 0.15) is 10.0 Å². The average Bonchev–Trinajstić information content (AvgIpc) is 2.77. The molecule has 1 unspecified atom stereocenters. The molecule has 2 aromatic rings. The van der Waals surface area contributed by atoms with Crippen LogP contribution in [-0.4, -0.2) is 17.2 Å². The Labute approximate surface area is 113 Å². The average molecular weight is 312 g/mol. The monoisotopic (exact) mass is 311 g/mol. The van der Waals surface area contributed by atoms with Gasteiger partial charge in [0.2, 0.25) is 0 Å². The summed E-state index contributed by atoms with van der Waals surface area (Å²) in [7, 11) is 1.92. The van der Waals surface area contributed by atoms with E-state index in [0.717, 1.165) is 20.1 Å². The second-order valence-corrected chi connectivity index (χ2v) is 5.80. The molecule has 1 aromatic carbocycles. The number of halogens is 1. The molecular weight excluding hydrogens is 298 g/mol. The lowest BCUT2D eigenvalue weighted by molar-refractivity contribution is 0.640. The van der Waals surface area contributed by atoms with E-state index in [0.29, 0.717) is 0 Å². The fraction of sp³-hybridized carbons (Fsp3) is 0.333. The summed E-state index contributed by atoms with van der Waals surface area (Å²) in [6, 6.07) is 6.50. The summed E-state index contributed by atoms with van der Waals surface area (Å²) in [5.41, 5.74) is 2.33. The number of nitrogens with one attached hydrogen (secondary N) is 1. The van der Waals surface area contributed by atoms with Crippen LogP contribution in [0.15, 0.2) is 22.7 Å². The molecule has 3 nitrogen and oxygen atoms in total. The molecule has 1 N–H and O–H groups in total. The molecule has 0 spiro atoms. The van der Waals surface area contributed by atoms with Crippen LogP contribution in [0.4, 0.5) is 0 Å². The Morgan fingerprint density at radius 1 is 1.35 bits per heavy atom. The summed E-state index contributed by atoms with van der Waals surface area (Å²) in [5.74, 6) is 0. The Hall–Kier alpha value is -0.780. The first kappa shape index (κ1) is 12.7. The van der Waals surface area contributed by atoms with Crippen LogP contribution >= 0.6 is 27.3 Å². The zero-order chi connectivity index (χ0) is 12.4. The molecule has 2 rings (SSSR count). The van der Waals surface area contributed by atoms with Crippen LogP contribution < -0.4 is 5.32 Å². The summed E-state index contributed by atoms with van der Waals surface area (Å²) >= 11 is 5.19. The molecule has 1 atom stereocenters. The van der Waals surface area contributed by atoms with Crippen molar-refractivity contribution in [1.82, 2.24) is 15.5 Å². The van der Waals surface area contributed by atoms with Gasteiger partial charge in [-0.05, 0) is 32.5 Å². The van der Waals surface area contributed by atoms with Gasteiger partial charge in [-0.25, -0.2) is 0 Å². The van der Waals surface area contributed by atoms with E-state index in [1.54, 1.807) is 11.3 Å². The molecule has 0 aliphatic heterocycles. The summed E-state index contributed by atoms with van der Waals surface area (Å²) < 4.78 is 1.07. The molecule has 0 amide bonds. The number of aromatic nitrogens is 2. The van der Waals surface area contributed by atoms with Crippen molar-refractivity contribution in [3.05, 3.63) is 33.2 Å². The maximum absolute atomic E-state index is 4.24. The Morgan fingerprint density at radius 3 is 2.76 bits per heavy atom. The van der Waals surface area contributed by atoms with Crippen molar-refractivity contribution >= 4 is 27.3 Å². The van der Waals surface area contributed by atoms with Gasteiger partial charge in [-0.15, -0.1) is 10.2 Å². The molecule has 1 heterocycles. The molecular formula is C12H14BrN3S. The summed E-state index contributed by atoms with van der Waals surface area (Å²) in [4.78, 5) is 0. The van der Waals surface area contributed by atoms with Crippen LogP contribution in [0, 0.1) is 6.92 Å². The largest absolute Gasteiger partial charge is 0.311 e. The minimum absolute atomic E-state index is 0.241. The predicted octanol–water partition coefficient (Wildman–Crippen LogP) is 3.56. The van der Waals surface area contributed by atoms with Gasteiger partial charge in [0.15, 0.2) is 0 Å². The molecule has 0 bridgehead atoms. The molecule has 0 saturated heterocycles. The van der Waals surface area contributed by atoms with E-state index >= 15 is 0 Å². The van der Waals surface area contributed by atoms with E-state index in [1.807, 2.05) is 7.05 Å². The van der Waals surface area contributed by atoms with Gasteiger partial charge < -0.3 is 5.32 Å². The fourth-order valence-corrected chi connectivity index (χ4v) is 3.19. The van der Waals surface area contributed by atoms with Crippen molar-refractivity contribution in [3.8, 4) is 10.6 Å². The number of aryl methyl sites for hydroxylation is 1. The quantitative estimate of drug-likeness (QED) is 0.942. The number of rotatable bonds is 3. The number of benzene rings is 1. The zero-order valence-corrected chi connectivity index (χ0v) is 12.4. The molecule has 5 heteroatoms. The van der Waals surface area contributed by atoms with Crippen molar-refractivity contribution in [2.45, 2.75) is 19.9 Å². The van der Waals surface area contributed by atoms with Crippen LogP contribution in [0.2, 0.25) is 0 Å². The molecule has 0 aliphatic carbocycles. The second-order valence-electron chi connectivity index (χ2n) is 3.94. The first-order valence-electron chi connectivity index (χ1n) is 5.39. The maximum Gasteiger partial charge on any atom is 0.148 e. The highest BCUT2D eigenvalue weighted by molar-refractivity contribution is 9.10. The van der Waals surface area contributed by atoms with Crippen LogP contribution in [-0.2, 0) is 0 Å². The van der Waals surface area contributed by atoms with E-state index in [2.05, 4.69) is 63.5 Å². The van der Waals surface area contributed by atoms with E-state index in [4.69, 9.17) is 0 Å². The molecule has 90 valence electrons. The van der Waals surface area contributed by atoms with Crippen LogP contribution in [0.3, 0.4) is 0 Å². The lowest BCUT2D eigenvalue weighted by atomic mass is 10.2. The van der Waals surface area contributed by atoms with E-state index in [9.17, 15) is 0 Å². The third-order valence-electron chi connectivity index (χ3n) is 2.60. The summed E-state index contributed by atoms with van der Waals surface area (Å²) in [5, 5.41) is 13.6. The second kappa shape index (κ2) is 5.25. The van der Waals surface area contributed by atoms with Gasteiger partial charge in [-0.3, -0.25) is 0 Å². The number of hydrogen-bond donors (Lipinski definition) is 1. The standard InChI is InChI=1S/C12H14BrN3S/c1-7-4-5-9(10(13)6-7)12-16-15-11(17-12)8(2)14-3/h4-6,8,14H,1-3H3. The fourth-order valence-electron chi connectivity index (χ4n) is 1.44. The van der Waals surface area contributed by atoms with Crippen molar-refractivity contribution < 1.29 is 0 Å². The number of hydrogen-bond acceptors (Lipinski definition) is 4. The smallest absolute Gasteiger partial charge is 0.148 e. The Bertz CT molecular complexity index is 524. The topological polar surface area (TPSA) is 37.8 Å². The predicted molar refractivity (Wildman–Crippen MR) is 75.3 cm³/mol. The van der Waals surface area contributed by atoms with Gasteiger partial charge in [0.25, 0.3) is 0 Å². The first-order chi connectivity index (χ1) is 8.11. The normalized spacial score (nSPS) is 12.7. The Kier molecular flexibility index (Phi) is 3.91. The maximum atomic E-state index is 4.24. The van der Waals surface area contributed by atoms with Gasteiger partial charge in [0, 0.05) is 10.0 Å². The van der Waals surface area contributed by atoms with Gasteiger partial charge in [-0.1, -0.05) is 39.4 Å². The van der Waals surface area contributed by atoms with E-state index in [-0.39, 0.29) is 6.04 Å². The van der Waals surface area contributed by atoms with E-state index < -0.39 is 0 Å². The van der Waals surface area contributed by atoms with Crippen LogP contribution in [0.25, 0.3) is 10.6 Å². The molecule has 0 saturated carbocycles. The number of nitrogens with zero attached hydrogens (tertiary/aromatic N) is 2. The lowest BCUT2D eigenvalue weighted by Gasteiger charge is -2.03. The molecule has 0 aliphatic rings. The van der Waals surface area contributed by atoms with Gasteiger partial charge in [0.05, 0.1) is 6.04 Å². The minimum atomic E-state index is 0.241. The zero-order valence-electron chi connectivity index (χ0n) is 9.99. The highest BCUT2D eigenvalue weighted by Gasteiger charge is 2.13. The molecule has 17 heavy (non-hydrogen) atoms. The highest BCUT2D eigenvalue weighted by Crippen LogP contribution is 2.32. The lowest BCUT2D eigenvalue weighted by Crippen LogP contribution is -2.11. The highest BCUT2D eigenvalue weighted by atomic mass is 79.9. The summed E-state index contributed by atoms with van der Waals surface area (Å²) in [6.45, 7) is 4.15. The van der Waals surface area contributed by atoms with Crippen molar-refractivity contribution in [1.29, 1.82) is 0 Å². The van der Waals surface area contributed by atoms with E-state index in [1.165, 1.54) is 5.56 Å². The minimum Gasteiger partial charge on any atom is -0.311 e. The van der Waals surface area contributed by atoms with Crippen LogP contribution in [0.1, 0.15) is 23.5 Å². The molecule has 1 aromatic heterocycles. The van der Waals surface area contributed by atoms with Gasteiger partial charge in [-0.2, -0.15) is 0 Å². The summed E-state index contributed by atoms with van der Waals surface area (Å²) in [6.07, 6.45) is 0. The Morgan fingerprint density at radius 2 is 2.12 bits per heavy atom. The Balaban J connectivity index is 2.37. The third-order valence-corrected chi connectivity index (χ3v) is 4.39. The van der Waals surface area contributed by atoms with Crippen molar-refractivity contribution in [3.63, 3.8) is 0 Å². The van der Waals surface area contributed by atoms with Crippen molar-refractivity contribution in [2.24, 2.45) is 0 Å². The van der Waals surface area contributed by atoms with Crippen LogP contribution in [0.5, 0.6) is 0 Å².